The molecule has 2 saturated heterocycles. The molecule has 15 nitrogen and oxygen atoms in total. The van der Waals surface area contributed by atoms with Crippen LogP contribution in [0.25, 0.3) is 22.1 Å². The van der Waals surface area contributed by atoms with Crippen molar-refractivity contribution in [1.29, 1.82) is 0 Å². The second-order valence-corrected chi connectivity index (χ2v) is 9.95. The zero-order chi connectivity index (χ0) is 30.3. The molecule has 9 N–H and O–H groups in total. The van der Waals surface area contributed by atoms with Crippen LogP contribution < -0.4 is 14.9 Å². The molecule has 2 unspecified atom stereocenters. The Labute approximate surface area is 236 Å². The van der Waals surface area contributed by atoms with Crippen LogP contribution in [0.3, 0.4) is 0 Å². The molecular formula is C27H30O15. The van der Waals surface area contributed by atoms with Gasteiger partial charge in [-0.15, -0.1) is 0 Å². The maximum Gasteiger partial charge on any atom is 0.229 e. The lowest BCUT2D eigenvalue weighted by atomic mass is 9.99. The summed E-state index contributed by atoms with van der Waals surface area (Å²) in [5.74, 6) is -0.511. The molecule has 3 aromatic rings. The number of hydrogen-bond donors (Lipinski definition) is 9. The van der Waals surface area contributed by atoms with Gasteiger partial charge in [-0.3, -0.25) is 4.79 Å². The Bertz CT molecular complexity index is 1440. The van der Waals surface area contributed by atoms with Crippen LogP contribution in [0.2, 0.25) is 0 Å². The van der Waals surface area contributed by atoms with Crippen molar-refractivity contribution in [2.24, 2.45) is 0 Å². The average molecular weight is 595 g/mol. The van der Waals surface area contributed by atoms with E-state index in [4.69, 9.17) is 23.4 Å². The quantitative estimate of drug-likeness (QED) is 0.137. The maximum absolute atomic E-state index is 13.7. The number of phenols is 1. The van der Waals surface area contributed by atoms with E-state index in [1.807, 2.05) is 0 Å². The largest absolute Gasteiger partial charge is 0.508 e. The van der Waals surface area contributed by atoms with E-state index in [-0.39, 0.29) is 33.8 Å². The Hall–Kier alpha value is -3.35. The first-order chi connectivity index (χ1) is 20.0. The van der Waals surface area contributed by atoms with Crippen LogP contribution in [0, 0.1) is 0 Å². The SMILES string of the molecule is O=c1c(-c2ccc(O)cc2)coc2cc(OC3O[C@H](CO)[C@@H](O)[C@H](O)[C@H]3O)cc(OC3O[C@H](CO)[C@@H](O)[C@H](O)[C@H]3O)c12. The topological polar surface area (TPSA) is 249 Å². The number of ether oxygens (including phenoxy) is 4. The third kappa shape index (κ3) is 5.55. The van der Waals surface area contributed by atoms with Crippen LogP contribution in [0.5, 0.6) is 17.2 Å². The van der Waals surface area contributed by atoms with Crippen molar-refractivity contribution in [3.8, 4) is 28.4 Å². The Morgan fingerprint density at radius 1 is 0.714 bits per heavy atom. The highest BCUT2D eigenvalue weighted by Gasteiger charge is 2.46. The summed E-state index contributed by atoms with van der Waals surface area (Å²) in [6.07, 6.45) is -15.2. The van der Waals surface area contributed by atoms with Gasteiger partial charge in [-0.25, -0.2) is 0 Å². The summed E-state index contributed by atoms with van der Waals surface area (Å²) < 4.78 is 28.0. The first kappa shape index (κ1) is 30.1. The smallest absolute Gasteiger partial charge is 0.229 e. The molecule has 5 rings (SSSR count). The van der Waals surface area contributed by atoms with Crippen molar-refractivity contribution in [3.63, 3.8) is 0 Å². The van der Waals surface area contributed by atoms with Gasteiger partial charge in [0.05, 0.1) is 18.8 Å². The van der Waals surface area contributed by atoms with Gasteiger partial charge in [0.2, 0.25) is 18.0 Å². The van der Waals surface area contributed by atoms with Gasteiger partial charge in [-0.2, -0.15) is 0 Å². The molecule has 0 radical (unpaired) electrons. The number of rotatable bonds is 7. The average Bonchev–Trinajstić information content (AvgIpc) is 2.98. The van der Waals surface area contributed by atoms with Gasteiger partial charge < -0.3 is 69.3 Å². The molecule has 0 aliphatic carbocycles. The van der Waals surface area contributed by atoms with Gasteiger partial charge in [-0.05, 0) is 17.7 Å². The van der Waals surface area contributed by atoms with Gasteiger partial charge in [-0.1, -0.05) is 12.1 Å². The maximum atomic E-state index is 13.7. The second kappa shape index (κ2) is 12.1. The van der Waals surface area contributed by atoms with E-state index in [9.17, 15) is 50.8 Å². The minimum Gasteiger partial charge on any atom is -0.508 e. The van der Waals surface area contributed by atoms with Gasteiger partial charge >= 0.3 is 0 Å². The fraction of sp³-hybridized carbons (Fsp3) is 0.444. The molecule has 1 aromatic heterocycles. The molecule has 2 aliphatic rings. The summed E-state index contributed by atoms with van der Waals surface area (Å²) in [7, 11) is 0. The molecule has 2 aromatic carbocycles. The van der Waals surface area contributed by atoms with Crippen molar-refractivity contribution in [2.45, 2.75) is 61.4 Å². The third-order valence-corrected chi connectivity index (χ3v) is 7.19. The molecule has 15 heteroatoms. The van der Waals surface area contributed by atoms with E-state index in [1.54, 1.807) is 0 Å². The predicted molar refractivity (Wildman–Crippen MR) is 138 cm³/mol. The molecule has 2 aliphatic heterocycles. The number of fused-ring (bicyclic) bond motifs is 1. The van der Waals surface area contributed by atoms with Gasteiger partial charge in [0.15, 0.2) is 0 Å². The molecular weight excluding hydrogens is 564 g/mol. The Balaban J connectivity index is 1.58. The highest BCUT2D eigenvalue weighted by molar-refractivity contribution is 5.88. The monoisotopic (exact) mass is 594 g/mol. The summed E-state index contributed by atoms with van der Waals surface area (Å²) in [4.78, 5) is 13.7. The molecule has 0 spiro atoms. The zero-order valence-corrected chi connectivity index (χ0v) is 21.7. The standard InChI is InChI=1S/C27H30O15/c28-7-16-20(32)22(34)24(36)26(41-16)39-12-5-14-18(19(31)13(9-38-14)10-1-3-11(30)4-2-10)15(6-12)40-27-25(37)23(35)21(33)17(8-29)42-27/h1-6,9,16-17,20-30,32-37H,7-8H2/t16-,17-,20-,21-,22+,23+,24-,25-,26?,27?/m1/s1. The number of phenolic OH excluding ortho intramolecular Hbond substituents is 1. The Morgan fingerprint density at radius 3 is 1.81 bits per heavy atom. The highest BCUT2D eigenvalue weighted by Crippen LogP contribution is 2.35. The van der Waals surface area contributed by atoms with Crippen molar-refractivity contribution in [3.05, 3.63) is 52.9 Å². The number of aromatic hydroxyl groups is 1. The van der Waals surface area contributed by atoms with Crippen molar-refractivity contribution < 1.29 is 69.3 Å². The van der Waals surface area contributed by atoms with Crippen molar-refractivity contribution >= 4 is 11.0 Å². The van der Waals surface area contributed by atoms with Gasteiger partial charge in [0.1, 0.15) is 83.3 Å². The summed E-state index contributed by atoms with van der Waals surface area (Å²) >= 11 is 0. The van der Waals surface area contributed by atoms with Crippen LogP contribution in [0.4, 0.5) is 0 Å². The van der Waals surface area contributed by atoms with E-state index in [0.29, 0.717) is 5.56 Å². The molecule has 228 valence electrons. The minimum atomic E-state index is -1.83. The van der Waals surface area contributed by atoms with E-state index < -0.39 is 80.1 Å². The normalized spacial score (nSPS) is 33.4. The number of aliphatic hydroxyl groups excluding tert-OH is 8. The van der Waals surface area contributed by atoms with Gasteiger partial charge in [0.25, 0.3) is 0 Å². The van der Waals surface area contributed by atoms with E-state index in [1.165, 1.54) is 30.3 Å². The first-order valence-electron chi connectivity index (χ1n) is 12.9. The predicted octanol–water partition coefficient (Wildman–Crippen LogP) is -2.48. The van der Waals surface area contributed by atoms with Crippen LogP contribution in [-0.2, 0) is 9.47 Å². The number of benzene rings is 2. The second-order valence-electron chi connectivity index (χ2n) is 9.95. The molecule has 10 atom stereocenters. The lowest BCUT2D eigenvalue weighted by Crippen LogP contribution is -2.60. The Kier molecular flexibility index (Phi) is 8.68. The molecule has 0 bridgehead atoms. The van der Waals surface area contributed by atoms with Crippen molar-refractivity contribution in [1.82, 2.24) is 0 Å². The summed E-state index contributed by atoms with van der Waals surface area (Å²) in [6.45, 7) is -1.44. The van der Waals surface area contributed by atoms with Crippen LogP contribution in [0.15, 0.2) is 51.9 Å². The summed E-state index contributed by atoms with van der Waals surface area (Å²) in [5, 5.41) is 89.9. The number of hydrogen-bond acceptors (Lipinski definition) is 15. The lowest BCUT2D eigenvalue weighted by Gasteiger charge is -2.40. The van der Waals surface area contributed by atoms with E-state index in [0.717, 1.165) is 12.3 Å². The molecule has 2 fully saturated rings. The first-order valence-corrected chi connectivity index (χ1v) is 12.9. The highest BCUT2D eigenvalue weighted by atomic mass is 16.7. The van der Waals surface area contributed by atoms with Crippen molar-refractivity contribution in [2.75, 3.05) is 13.2 Å². The minimum absolute atomic E-state index is 0.0365. The number of aliphatic hydroxyl groups is 8. The van der Waals surface area contributed by atoms with E-state index in [2.05, 4.69) is 0 Å². The van der Waals surface area contributed by atoms with Crippen LogP contribution in [0.1, 0.15) is 0 Å². The fourth-order valence-electron chi connectivity index (χ4n) is 4.78. The van der Waals surface area contributed by atoms with Crippen LogP contribution in [-0.4, -0.2) is 121 Å². The molecule has 0 saturated carbocycles. The molecule has 0 amide bonds. The molecule has 3 heterocycles. The summed E-state index contributed by atoms with van der Waals surface area (Å²) in [5.41, 5.74) is -0.308. The van der Waals surface area contributed by atoms with Crippen LogP contribution >= 0.6 is 0 Å². The zero-order valence-electron chi connectivity index (χ0n) is 21.7. The fourth-order valence-corrected chi connectivity index (χ4v) is 4.78. The Morgan fingerprint density at radius 2 is 1.26 bits per heavy atom. The third-order valence-electron chi connectivity index (χ3n) is 7.19. The van der Waals surface area contributed by atoms with Gasteiger partial charge in [0, 0.05) is 12.1 Å². The lowest BCUT2D eigenvalue weighted by molar-refractivity contribution is -0.278. The molecule has 42 heavy (non-hydrogen) atoms. The summed E-state index contributed by atoms with van der Waals surface area (Å²) in [6, 6.07) is 8.05. The van der Waals surface area contributed by atoms with E-state index >= 15 is 0 Å².